The maximum atomic E-state index is 11.6. The average molecular weight is 324 g/mol. The molecule has 3 N–H and O–H groups in total. The normalized spacial score (nSPS) is 11.7. The highest BCUT2D eigenvalue weighted by atomic mass is 16.5. The van der Waals surface area contributed by atoms with E-state index in [2.05, 4.69) is 10.6 Å². The molecular formula is C16H24N2O5. The first-order valence-electron chi connectivity index (χ1n) is 7.35. The van der Waals surface area contributed by atoms with E-state index in [0.717, 1.165) is 0 Å². The van der Waals surface area contributed by atoms with Gasteiger partial charge in [0, 0.05) is 13.1 Å². The van der Waals surface area contributed by atoms with Gasteiger partial charge in [0.05, 0.1) is 20.3 Å². The van der Waals surface area contributed by atoms with Crippen LogP contribution in [0.4, 0.5) is 0 Å². The van der Waals surface area contributed by atoms with Gasteiger partial charge in [0.2, 0.25) is 0 Å². The van der Waals surface area contributed by atoms with Crippen molar-refractivity contribution >= 4 is 11.8 Å². The van der Waals surface area contributed by atoms with Gasteiger partial charge in [-0.2, -0.15) is 0 Å². The largest absolute Gasteiger partial charge is 0.493 e. The molecule has 0 saturated heterocycles. The quantitative estimate of drug-likeness (QED) is 0.639. The molecule has 1 aromatic carbocycles. The minimum Gasteiger partial charge on any atom is -0.493 e. The SMILES string of the molecule is COc1ccc(C(O)CNC(=O)C(=O)NCC(C)C)cc1OC. The smallest absolute Gasteiger partial charge is 0.309 e. The van der Waals surface area contributed by atoms with Crippen LogP contribution in [-0.4, -0.2) is 44.2 Å². The molecule has 1 rings (SSSR count). The number of benzene rings is 1. The molecule has 0 aliphatic rings. The highest BCUT2D eigenvalue weighted by molar-refractivity contribution is 6.35. The fraction of sp³-hybridized carbons (Fsp3) is 0.500. The summed E-state index contributed by atoms with van der Waals surface area (Å²) in [6.45, 7) is 4.20. The van der Waals surface area contributed by atoms with Crippen LogP contribution in [0.2, 0.25) is 0 Å². The minimum atomic E-state index is -0.961. The van der Waals surface area contributed by atoms with Gasteiger partial charge in [-0.3, -0.25) is 9.59 Å². The first kappa shape index (κ1) is 18.8. The zero-order valence-corrected chi connectivity index (χ0v) is 13.9. The Bertz CT molecular complexity index is 545. The first-order chi connectivity index (χ1) is 10.9. The van der Waals surface area contributed by atoms with E-state index in [4.69, 9.17) is 9.47 Å². The summed E-state index contributed by atoms with van der Waals surface area (Å²) in [5.41, 5.74) is 0.547. The molecule has 0 spiro atoms. The summed E-state index contributed by atoms with van der Waals surface area (Å²) >= 11 is 0. The molecule has 0 fully saturated rings. The molecule has 0 aliphatic heterocycles. The summed E-state index contributed by atoms with van der Waals surface area (Å²) in [6, 6.07) is 4.94. The first-order valence-corrected chi connectivity index (χ1v) is 7.35. The number of ether oxygens (including phenoxy) is 2. The molecule has 0 heterocycles. The van der Waals surface area contributed by atoms with Crippen molar-refractivity contribution in [2.45, 2.75) is 20.0 Å². The minimum absolute atomic E-state index is 0.0799. The van der Waals surface area contributed by atoms with Gasteiger partial charge in [0.25, 0.3) is 0 Å². The van der Waals surface area contributed by atoms with Gasteiger partial charge >= 0.3 is 11.8 Å². The Hall–Kier alpha value is -2.28. The number of hydrogen-bond donors (Lipinski definition) is 3. The van der Waals surface area contributed by atoms with Crippen molar-refractivity contribution < 1.29 is 24.2 Å². The predicted octanol–water partition coefficient (Wildman–Crippen LogP) is 0.626. The van der Waals surface area contributed by atoms with Crippen molar-refractivity contribution in [1.82, 2.24) is 10.6 Å². The molecule has 0 aromatic heterocycles. The predicted molar refractivity (Wildman–Crippen MR) is 85.4 cm³/mol. The zero-order chi connectivity index (χ0) is 17.4. The molecule has 0 aliphatic carbocycles. The standard InChI is InChI=1S/C16H24N2O5/c1-10(2)8-17-15(20)16(21)18-9-12(19)11-5-6-13(22-3)14(7-11)23-4/h5-7,10,12,19H,8-9H2,1-4H3,(H,17,20)(H,18,21). The summed E-state index contributed by atoms with van der Waals surface area (Å²) in [7, 11) is 3.01. The van der Waals surface area contributed by atoms with E-state index in [0.29, 0.717) is 23.6 Å². The maximum Gasteiger partial charge on any atom is 0.309 e. The molecule has 23 heavy (non-hydrogen) atoms. The molecule has 128 valence electrons. The third kappa shape index (κ3) is 5.78. The Morgan fingerprint density at radius 1 is 1.04 bits per heavy atom. The molecule has 0 bridgehead atoms. The van der Waals surface area contributed by atoms with E-state index >= 15 is 0 Å². The Labute approximate surface area is 136 Å². The van der Waals surface area contributed by atoms with Crippen LogP contribution < -0.4 is 20.1 Å². The van der Waals surface area contributed by atoms with Crippen molar-refractivity contribution in [2.24, 2.45) is 5.92 Å². The van der Waals surface area contributed by atoms with Crippen molar-refractivity contribution in [1.29, 1.82) is 0 Å². The Balaban J connectivity index is 2.57. The lowest BCUT2D eigenvalue weighted by molar-refractivity contribution is -0.139. The third-order valence-electron chi connectivity index (χ3n) is 3.13. The molecule has 0 saturated carbocycles. The topological polar surface area (TPSA) is 96.9 Å². The van der Waals surface area contributed by atoms with Gasteiger partial charge < -0.3 is 25.2 Å². The van der Waals surface area contributed by atoms with Gasteiger partial charge in [-0.15, -0.1) is 0 Å². The number of methoxy groups -OCH3 is 2. The molecule has 1 atom stereocenters. The van der Waals surface area contributed by atoms with Crippen LogP contribution in [0.3, 0.4) is 0 Å². The summed E-state index contributed by atoms with van der Waals surface area (Å²) in [5.74, 6) is -0.210. The second-order valence-electron chi connectivity index (χ2n) is 5.44. The molecule has 2 amide bonds. The van der Waals surface area contributed by atoms with Gasteiger partial charge in [-0.05, 0) is 23.6 Å². The van der Waals surface area contributed by atoms with E-state index in [1.54, 1.807) is 18.2 Å². The van der Waals surface area contributed by atoms with Gasteiger partial charge in [0.15, 0.2) is 11.5 Å². The van der Waals surface area contributed by atoms with Crippen LogP contribution in [0, 0.1) is 5.92 Å². The zero-order valence-electron chi connectivity index (χ0n) is 13.9. The van der Waals surface area contributed by atoms with E-state index in [1.807, 2.05) is 13.8 Å². The highest BCUT2D eigenvalue weighted by Crippen LogP contribution is 2.29. The van der Waals surface area contributed by atoms with Gasteiger partial charge in [-0.1, -0.05) is 19.9 Å². The third-order valence-corrected chi connectivity index (χ3v) is 3.13. The molecule has 1 unspecified atom stereocenters. The molecular weight excluding hydrogens is 300 g/mol. The number of aliphatic hydroxyl groups is 1. The van der Waals surface area contributed by atoms with E-state index in [1.165, 1.54) is 14.2 Å². The maximum absolute atomic E-state index is 11.6. The number of nitrogens with one attached hydrogen (secondary N) is 2. The summed E-state index contributed by atoms with van der Waals surface area (Å²) in [5, 5.41) is 15.0. The van der Waals surface area contributed by atoms with E-state index in [9.17, 15) is 14.7 Å². The molecule has 1 aromatic rings. The number of amides is 2. The summed E-state index contributed by atoms with van der Waals surface area (Å²) < 4.78 is 10.3. The molecule has 7 nitrogen and oxygen atoms in total. The summed E-state index contributed by atoms with van der Waals surface area (Å²) in [6.07, 6.45) is -0.961. The second kappa shape index (κ2) is 8.99. The lowest BCUT2D eigenvalue weighted by atomic mass is 10.1. The van der Waals surface area contributed by atoms with Gasteiger partial charge in [-0.25, -0.2) is 0 Å². The van der Waals surface area contributed by atoms with Crippen molar-refractivity contribution in [2.75, 3.05) is 27.3 Å². The Kier molecular flexibility index (Phi) is 7.34. The number of aliphatic hydroxyl groups excluding tert-OH is 1. The lowest BCUT2D eigenvalue weighted by Gasteiger charge is -2.15. The van der Waals surface area contributed by atoms with Crippen LogP contribution in [0.5, 0.6) is 11.5 Å². The van der Waals surface area contributed by atoms with E-state index in [-0.39, 0.29) is 12.5 Å². The summed E-state index contributed by atoms with van der Waals surface area (Å²) in [4.78, 5) is 23.2. The van der Waals surface area contributed by atoms with Crippen LogP contribution in [-0.2, 0) is 9.59 Å². The number of carbonyl (C=O) groups excluding carboxylic acids is 2. The van der Waals surface area contributed by atoms with Crippen LogP contribution in [0.15, 0.2) is 18.2 Å². The highest BCUT2D eigenvalue weighted by Gasteiger charge is 2.17. The van der Waals surface area contributed by atoms with Crippen molar-refractivity contribution in [3.05, 3.63) is 23.8 Å². The van der Waals surface area contributed by atoms with E-state index < -0.39 is 17.9 Å². The van der Waals surface area contributed by atoms with Crippen LogP contribution >= 0.6 is 0 Å². The Morgan fingerprint density at radius 2 is 1.61 bits per heavy atom. The van der Waals surface area contributed by atoms with Crippen LogP contribution in [0.1, 0.15) is 25.5 Å². The average Bonchev–Trinajstić information content (AvgIpc) is 2.56. The fourth-order valence-corrected chi connectivity index (χ4v) is 1.82. The lowest BCUT2D eigenvalue weighted by Crippen LogP contribution is -2.42. The number of hydrogen-bond acceptors (Lipinski definition) is 5. The fourth-order valence-electron chi connectivity index (χ4n) is 1.82. The van der Waals surface area contributed by atoms with Crippen molar-refractivity contribution in [3.63, 3.8) is 0 Å². The molecule has 7 heteroatoms. The monoisotopic (exact) mass is 324 g/mol. The Morgan fingerprint density at radius 3 is 2.13 bits per heavy atom. The van der Waals surface area contributed by atoms with Gasteiger partial charge in [0.1, 0.15) is 0 Å². The number of carbonyl (C=O) groups is 2. The second-order valence-corrected chi connectivity index (χ2v) is 5.44. The number of rotatable bonds is 7. The van der Waals surface area contributed by atoms with Crippen LogP contribution in [0.25, 0.3) is 0 Å². The molecule has 0 radical (unpaired) electrons. The van der Waals surface area contributed by atoms with Crippen molar-refractivity contribution in [3.8, 4) is 11.5 Å².